The van der Waals surface area contributed by atoms with E-state index >= 15 is 0 Å². The molecular formula is C16H14INO. The highest BCUT2D eigenvalue weighted by atomic mass is 127. The maximum absolute atomic E-state index is 5.88. The van der Waals surface area contributed by atoms with E-state index < -0.39 is 0 Å². The predicted molar refractivity (Wildman–Crippen MR) is 87.4 cm³/mol. The van der Waals surface area contributed by atoms with Gasteiger partial charge in [0.15, 0.2) is 0 Å². The first-order valence-corrected chi connectivity index (χ1v) is 7.31. The molecule has 1 aromatic heterocycles. The summed E-state index contributed by atoms with van der Waals surface area (Å²) < 4.78 is 7.09. The van der Waals surface area contributed by atoms with Crippen molar-refractivity contribution in [2.75, 3.05) is 5.32 Å². The van der Waals surface area contributed by atoms with Crippen LogP contribution in [-0.2, 0) is 0 Å². The SMILES string of the molecule is CC(Nc1ccccc1I)c1cc2ccccc2o1. The van der Waals surface area contributed by atoms with E-state index in [1.807, 2.05) is 30.3 Å². The Morgan fingerprint density at radius 3 is 2.58 bits per heavy atom. The Morgan fingerprint density at radius 2 is 1.79 bits per heavy atom. The van der Waals surface area contributed by atoms with Crippen molar-refractivity contribution in [1.29, 1.82) is 0 Å². The molecule has 1 unspecified atom stereocenters. The third kappa shape index (κ3) is 2.61. The van der Waals surface area contributed by atoms with Crippen molar-refractivity contribution in [1.82, 2.24) is 0 Å². The molecule has 1 atom stereocenters. The standard InChI is InChI=1S/C16H14INO/c1-11(18-14-8-4-3-7-13(14)17)16-10-12-6-2-5-9-15(12)19-16/h2-11,18H,1H3. The first-order chi connectivity index (χ1) is 9.24. The number of rotatable bonds is 3. The van der Waals surface area contributed by atoms with Crippen molar-refractivity contribution in [3.8, 4) is 0 Å². The van der Waals surface area contributed by atoms with E-state index in [9.17, 15) is 0 Å². The van der Waals surface area contributed by atoms with Gasteiger partial charge in [-0.25, -0.2) is 0 Å². The minimum Gasteiger partial charge on any atom is -0.459 e. The van der Waals surface area contributed by atoms with Gasteiger partial charge in [-0.2, -0.15) is 0 Å². The number of furan rings is 1. The number of benzene rings is 2. The van der Waals surface area contributed by atoms with Gasteiger partial charge in [-0.05, 0) is 53.8 Å². The van der Waals surface area contributed by atoms with Gasteiger partial charge in [0.2, 0.25) is 0 Å². The number of hydrogen-bond acceptors (Lipinski definition) is 2. The first kappa shape index (κ1) is 12.5. The Morgan fingerprint density at radius 1 is 1.05 bits per heavy atom. The smallest absolute Gasteiger partial charge is 0.134 e. The second kappa shape index (κ2) is 5.25. The topological polar surface area (TPSA) is 25.2 Å². The van der Waals surface area contributed by atoms with Crippen LogP contribution in [0.5, 0.6) is 0 Å². The Bertz CT molecular complexity index is 672. The third-order valence-corrected chi connectivity index (χ3v) is 4.06. The van der Waals surface area contributed by atoms with E-state index in [0.29, 0.717) is 0 Å². The molecule has 0 aliphatic rings. The minimum atomic E-state index is 0.142. The van der Waals surface area contributed by atoms with Crippen LogP contribution in [0.15, 0.2) is 59.0 Å². The van der Waals surface area contributed by atoms with Gasteiger partial charge in [0.25, 0.3) is 0 Å². The molecule has 0 radical (unpaired) electrons. The summed E-state index contributed by atoms with van der Waals surface area (Å²) in [4.78, 5) is 0. The average Bonchev–Trinajstić information content (AvgIpc) is 2.85. The van der Waals surface area contributed by atoms with E-state index in [2.05, 4.69) is 59.1 Å². The van der Waals surface area contributed by atoms with E-state index in [0.717, 1.165) is 22.4 Å². The van der Waals surface area contributed by atoms with E-state index in [4.69, 9.17) is 4.42 Å². The number of anilines is 1. The van der Waals surface area contributed by atoms with E-state index in [1.165, 1.54) is 3.57 Å². The number of halogens is 1. The van der Waals surface area contributed by atoms with E-state index in [1.54, 1.807) is 0 Å². The van der Waals surface area contributed by atoms with Gasteiger partial charge in [-0.15, -0.1) is 0 Å². The van der Waals surface area contributed by atoms with Crippen LogP contribution in [0.4, 0.5) is 5.69 Å². The van der Waals surface area contributed by atoms with Crippen LogP contribution in [0.25, 0.3) is 11.0 Å². The molecule has 1 N–H and O–H groups in total. The molecule has 0 fully saturated rings. The van der Waals surface area contributed by atoms with E-state index in [-0.39, 0.29) is 6.04 Å². The van der Waals surface area contributed by atoms with Crippen LogP contribution in [0.3, 0.4) is 0 Å². The maximum Gasteiger partial charge on any atom is 0.134 e. The quantitative estimate of drug-likeness (QED) is 0.647. The number of nitrogens with one attached hydrogen (secondary N) is 1. The molecule has 3 aromatic rings. The number of para-hydroxylation sites is 2. The van der Waals surface area contributed by atoms with Crippen LogP contribution >= 0.6 is 22.6 Å². The number of hydrogen-bond donors (Lipinski definition) is 1. The van der Waals surface area contributed by atoms with Crippen LogP contribution in [0, 0.1) is 3.57 Å². The second-order valence-corrected chi connectivity index (χ2v) is 5.69. The summed E-state index contributed by atoms with van der Waals surface area (Å²) in [6.07, 6.45) is 0. The molecule has 0 aliphatic carbocycles. The van der Waals surface area contributed by atoms with Crippen molar-refractivity contribution in [2.45, 2.75) is 13.0 Å². The highest BCUT2D eigenvalue weighted by molar-refractivity contribution is 14.1. The predicted octanol–water partition coefficient (Wildman–Crippen LogP) is 5.21. The van der Waals surface area contributed by atoms with Gasteiger partial charge in [0.1, 0.15) is 11.3 Å². The Balaban J connectivity index is 1.87. The molecule has 0 saturated heterocycles. The molecule has 0 saturated carbocycles. The molecule has 3 heteroatoms. The molecule has 0 spiro atoms. The van der Waals surface area contributed by atoms with Crippen molar-refractivity contribution in [3.63, 3.8) is 0 Å². The third-order valence-electron chi connectivity index (χ3n) is 3.12. The maximum atomic E-state index is 5.88. The molecule has 0 amide bonds. The molecule has 3 rings (SSSR count). The summed E-state index contributed by atoms with van der Waals surface area (Å²) in [7, 11) is 0. The van der Waals surface area contributed by atoms with Crippen molar-refractivity contribution >= 4 is 39.2 Å². The van der Waals surface area contributed by atoms with Crippen LogP contribution < -0.4 is 5.32 Å². The highest BCUT2D eigenvalue weighted by Gasteiger charge is 2.12. The summed E-state index contributed by atoms with van der Waals surface area (Å²) in [5, 5.41) is 4.63. The Labute approximate surface area is 126 Å². The highest BCUT2D eigenvalue weighted by Crippen LogP contribution is 2.27. The van der Waals surface area contributed by atoms with Gasteiger partial charge < -0.3 is 9.73 Å². The van der Waals surface area contributed by atoms with Gasteiger partial charge >= 0.3 is 0 Å². The van der Waals surface area contributed by atoms with Gasteiger partial charge in [0, 0.05) is 14.6 Å². The fourth-order valence-corrected chi connectivity index (χ4v) is 2.64. The fourth-order valence-electron chi connectivity index (χ4n) is 2.10. The lowest BCUT2D eigenvalue weighted by molar-refractivity contribution is 0.526. The summed E-state index contributed by atoms with van der Waals surface area (Å²) in [5.41, 5.74) is 2.07. The van der Waals surface area contributed by atoms with Gasteiger partial charge in [-0.1, -0.05) is 30.3 Å². The Hall–Kier alpha value is -1.49. The number of fused-ring (bicyclic) bond motifs is 1. The summed E-state index contributed by atoms with van der Waals surface area (Å²) in [5.74, 6) is 0.959. The molecule has 2 aromatic carbocycles. The molecule has 0 bridgehead atoms. The summed E-state index contributed by atoms with van der Waals surface area (Å²) >= 11 is 2.33. The lowest BCUT2D eigenvalue weighted by atomic mass is 10.2. The molecule has 0 aliphatic heterocycles. The average molecular weight is 363 g/mol. The zero-order chi connectivity index (χ0) is 13.2. The van der Waals surface area contributed by atoms with Crippen LogP contribution in [0.1, 0.15) is 18.7 Å². The molecule has 19 heavy (non-hydrogen) atoms. The van der Waals surface area contributed by atoms with Gasteiger partial charge in [0.05, 0.1) is 6.04 Å². The van der Waals surface area contributed by atoms with Crippen molar-refractivity contribution in [3.05, 3.63) is 63.9 Å². The first-order valence-electron chi connectivity index (χ1n) is 6.23. The Kier molecular flexibility index (Phi) is 3.46. The zero-order valence-corrected chi connectivity index (χ0v) is 12.7. The fraction of sp³-hybridized carbons (Fsp3) is 0.125. The molecule has 1 heterocycles. The lowest BCUT2D eigenvalue weighted by Crippen LogP contribution is -2.06. The molecule has 2 nitrogen and oxygen atoms in total. The summed E-state index contributed by atoms with van der Waals surface area (Å²) in [6, 6.07) is 18.6. The van der Waals surface area contributed by atoms with Crippen LogP contribution in [0.2, 0.25) is 0 Å². The van der Waals surface area contributed by atoms with Crippen molar-refractivity contribution < 1.29 is 4.42 Å². The second-order valence-electron chi connectivity index (χ2n) is 4.53. The lowest BCUT2D eigenvalue weighted by Gasteiger charge is -2.14. The largest absolute Gasteiger partial charge is 0.459 e. The van der Waals surface area contributed by atoms with Crippen LogP contribution in [-0.4, -0.2) is 0 Å². The normalized spacial score (nSPS) is 12.5. The van der Waals surface area contributed by atoms with Crippen molar-refractivity contribution in [2.24, 2.45) is 0 Å². The monoisotopic (exact) mass is 363 g/mol. The zero-order valence-electron chi connectivity index (χ0n) is 10.6. The van der Waals surface area contributed by atoms with Gasteiger partial charge in [-0.3, -0.25) is 0 Å². The molecule has 96 valence electrons. The summed E-state index contributed by atoms with van der Waals surface area (Å²) in [6.45, 7) is 2.11. The molecular weight excluding hydrogens is 349 g/mol. The minimum absolute atomic E-state index is 0.142.